The molecule has 3 heteroatoms. The first-order valence-corrected chi connectivity index (χ1v) is 3.95. The van der Waals surface area contributed by atoms with Crippen molar-refractivity contribution in [3.05, 3.63) is 23.8 Å². The zero-order valence-corrected chi connectivity index (χ0v) is 7.08. The monoisotopic (exact) mass is 160 g/mol. The van der Waals surface area contributed by atoms with Crippen LogP contribution in [0.2, 0.25) is 0 Å². The predicted octanol–water partition coefficient (Wildman–Crippen LogP) is 0.553. The van der Waals surface area contributed by atoms with Gasteiger partial charge in [0, 0.05) is 0 Å². The van der Waals surface area contributed by atoms with Crippen molar-refractivity contribution in [3.63, 3.8) is 0 Å². The molecule has 0 fully saturated rings. The van der Waals surface area contributed by atoms with Crippen LogP contribution in [0.5, 0.6) is 0 Å². The van der Waals surface area contributed by atoms with Gasteiger partial charge in [-0.2, -0.15) is 0 Å². The first kappa shape index (κ1) is 8.98. The summed E-state index contributed by atoms with van der Waals surface area (Å²) in [5, 5.41) is 2.45. The summed E-state index contributed by atoms with van der Waals surface area (Å²) in [6.45, 7) is 2.07. The van der Waals surface area contributed by atoms with Gasteiger partial charge in [-0.1, -0.05) is 0 Å². The van der Waals surface area contributed by atoms with E-state index in [1.165, 1.54) is 0 Å². The molecule has 1 atom stereocenters. The Bertz CT molecular complexity index is 255. The quantitative estimate of drug-likeness (QED) is 0.587. The Morgan fingerprint density at radius 2 is 2.58 bits per heavy atom. The zero-order chi connectivity index (χ0) is 8.97. The van der Waals surface area contributed by atoms with E-state index >= 15 is 0 Å². The van der Waals surface area contributed by atoms with Gasteiger partial charge in [-0.05, 0) is 0 Å². The molecule has 61 valence electrons. The Hall–Kier alpha value is -1.12. The number of hydrogen-bond acceptors (Lipinski definition) is 1. The van der Waals surface area contributed by atoms with E-state index in [1.54, 1.807) is 0 Å². The maximum atomic E-state index is 11.2. The molecule has 0 saturated heterocycles. The van der Waals surface area contributed by atoms with Crippen LogP contribution in [0.15, 0.2) is 23.8 Å². The van der Waals surface area contributed by atoms with Crippen LogP contribution in [0.3, 0.4) is 0 Å². The standard InChI is InChI=1S/C9H11BNO/c1-7-3-2-4-8(5-7)9(12)11-6-10/h2-4,6-7H,5H2,1H3,(H,11,12)/t7-/m1/s1. The van der Waals surface area contributed by atoms with Gasteiger partial charge in [0.1, 0.15) is 0 Å². The molecule has 1 amide bonds. The molecule has 0 spiro atoms. The fourth-order valence-electron chi connectivity index (χ4n) is 1.18. The van der Waals surface area contributed by atoms with Gasteiger partial charge in [-0.25, -0.2) is 0 Å². The summed E-state index contributed by atoms with van der Waals surface area (Å²) in [4.78, 5) is 11.2. The van der Waals surface area contributed by atoms with E-state index in [0.717, 1.165) is 18.1 Å². The molecule has 0 unspecified atom stereocenters. The van der Waals surface area contributed by atoms with Crippen LogP contribution < -0.4 is 5.32 Å². The number of allylic oxidation sites excluding steroid dienone is 3. The summed E-state index contributed by atoms with van der Waals surface area (Å²) in [7, 11) is 5.07. The molecule has 1 rings (SSSR count). The second-order valence-electron chi connectivity index (χ2n) is 2.90. The average Bonchev–Trinajstić information content (AvgIpc) is 2.05. The minimum atomic E-state index is -0.103. The molecule has 12 heavy (non-hydrogen) atoms. The number of carbonyl (C=O) groups excluding carboxylic acids is 1. The Kier molecular flexibility index (Phi) is 3.03. The van der Waals surface area contributed by atoms with Crippen molar-refractivity contribution >= 4 is 19.5 Å². The fraction of sp³-hybridized carbons (Fsp3) is 0.333. The molecule has 1 aliphatic rings. The summed E-state index contributed by atoms with van der Waals surface area (Å²) >= 11 is 0. The molecule has 0 aliphatic heterocycles. The van der Waals surface area contributed by atoms with E-state index in [0.29, 0.717) is 5.92 Å². The third kappa shape index (κ3) is 2.19. The molecular weight excluding hydrogens is 149 g/mol. The van der Waals surface area contributed by atoms with Gasteiger partial charge in [-0.3, -0.25) is 0 Å². The van der Waals surface area contributed by atoms with Gasteiger partial charge < -0.3 is 0 Å². The molecule has 2 nitrogen and oxygen atoms in total. The number of carbonyl (C=O) groups is 1. The van der Waals surface area contributed by atoms with Crippen LogP contribution in [0.4, 0.5) is 0 Å². The van der Waals surface area contributed by atoms with Crippen molar-refractivity contribution in [2.45, 2.75) is 13.3 Å². The van der Waals surface area contributed by atoms with E-state index in [4.69, 9.17) is 7.49 Å². The zero-order valence-electron chi connectivity index (χ0n) is 7.08. The normalized spacial score (nSPS) is 21.3. The van der Waals surface area contributed by atoms with Crippen LogP contribution in [0.1, 0.15) is 13.3 Å². The van der Waals surface area contributed by atoms with Crippen LogP contribution in [0.25, 0.3) is 0 Å². The van der Waals surface area contributed by atoms with Crippen LogP contribution >= 0.6 is 0 Å². The van der Waals surface area contributed by atoms with Gasteiger partial charge in [0.15, 0.2) is 0 Å². The molecule has 0 aromatic carbocycles. The van der Waals surface area contributed by atoms with Gasteiger partial charge in [0.05, 0.1) is 0 Å². The fourth-order valence-corrected chi connectivity index (χ4v) is 1.18. The van der Waals surface area contributed by atoms with Crippen molar-refractivity contribution in [3.8, 4) is 0 Å². The van der Waals surface area contributed by atoms with Crippen LogP contribution in [-0.4, -0.2) is 19.5 Å². The minimum absolute atomic E-state index is 0.103. The van der Waals surface area contributed by atoms with Crippen LogP contribution in [-0.2, 0) is 4.79 Å². The van der Waals surface area contributed by atoms with Gasteiger partial charge >= 0.3 is 72.7 Å². The van der Waals surface area contributed by atoms with E-state index in [1.807, 2.05) is 12.2 Å². The summed E-state index contributed by atoms with van der Waals surface area (Å²) in [6.07, 6.45) is 7.74. The molecule has 1 N–H and O–H groups in total. The second kappa shape index (κ2) is 4.05. The molecule has 1 radical (unpaired) electrons. The summed E-state index contributed by atoms with van der Waals surface area (Å²) in [5.41, 5.74) is 0.784. The number of amides is 1. The SMILES string of the molecule is [B]=CNC(=O)C1=CC=C[C@@H](C)C1. The molecule has 1 aliphatic carbocycles. The number of nitrogens with one attached hydrogen (secondary N) is 1. The summed E-state index contributed by atoms with van der Waals surface area (Å²) in [6, 6.07) is 0. The Balaban J connectivity index is 2.63. The van der Waals surface area contributed by atoms with Crippen molar-refractivity contribution in [2.75, 3.05) is 0 Å². The number of hydrogen-bond donors (Lipinski definition) is 1. The van der Waals surface area contributed by atoms with E-state index in [9.17, 15) is 4.79 Å². The Morgan fingerprint density at radius 3 is 3.17 bits per heavy atom. The van der Waals surface area contributed by atoms with E-state index in [2.05, 4.69) is 18.3 Å². The molecule has 0 aromatic rings. The third-order valence-electron chi connectivity index (χ3n) is 1.79. The van der Waals surface area contributed by atoms with Crippen molar-refractivity contribution in [1.82, 2.24) is 5.32 Å². The summed E-state index contributed by atoms with van der Waals surface area (Å²) < 4.78 is 0. The maximum absolute atomic E-state index is 11.2. The third-order valence-corrected chi connectivity index (χ3v) is 1.79. The van der Waals surface area contributed by atoms with E-state index in [-0.39, 0.29) is 5.91 Å². The predicted molar refractivity (Wildman–Crippen MR) is 51.0 cm³/mol. The topological polar surface area (TPSA) is 29.1 Å². The van der Waals surface area contributed by atoms with Gasteiger partial charge in [0.25, 0.3) is 0 Å². The molecule has 0 saturated carbocycles. The van der Waals surface area contributed by atoms with Gasteiger partial charge in [0.2, 0.25) is 0 Å². The molecular formula is C9H11BNO. The van der Waals surface area contributed by atoms with Crippen molar-refractivity contribution in [1.29, 1.82) is 0 Å². The van der Waals surface area contributed by atoms with Crippen molar-refractivity contribution < 1.29 is 4.79 Å². The molecule has 0 bridgehead atoms. The average molecular weight is 160 g/mol. The number of rotatable bonds is 2. The Morgan fingerprint density at radius 1 is 1.83 bits per heavy atom. The Labute approximate surface area is 73.4 Å². The first-order chi connectivity index (χ1) is 5.74. The molecule has 0 aromatic heterocycles. The summed E-state index contributed by atoms with van der Waals surface area (Å²) in [5.74, 6) is 0.335. The van der Waals surface area contributed by atoms with Crippen molar-refractivity contribution in [2.24, 2.45) is 5.92 Å². The van der Waals surface area contributed by atoms with Crippen LogP contribution in [0, 0.1) is 5.92 Å². The first-order valence-electron chi connectivity index (χ1n) is 3.95. The molecule has 0 heterocycles. The van der Waals surface area contributed by atoms with Gasteiger partial charge in [-0.15, -0.1) is 0 Å². The second-order valence-corrected chi connectivity index (χ2v) is 2.90. The van der Waals surface area contributed by atoms with E-state index < -0.39 is 0 Å².